The smallest absolute Gasteiger partial charge is 0.319 e. The lowest BCUT2D eigenvalue weighted by atomic mass is 10.0. The molecule has 0 bridgehead atoms. The third-order valence-electron chi connectivity index (χ3n) is 3.29. The van der Waals surface area contributed by atoms with Gasteiger partial charge in [0, 0.05) is 10.7 Å². The van der Waals surface area contributed by atoms with Crippen LogP contribution in [0, 0.1) is 0 Å². The van der Waals surface area contributed by atoms with Crippen molar-refractivity contribution < 1.29 is 9.53 Å². The van der Waals surface area contributed by atoms with Crippen molar-refractivity contribution in [1.29, 1.82) is 0 Å². The second-order valence-electron chi connectivity index (χ2n) is 5.46. The fourth-order valence-electron chi connectivity index (χ4n) is 2.02. The zero-order valence-corrected chi connectivity index (χ0v) is 14.1. The average molecular weight is 333 g/mol. The second-order valence-corrected chi connectivity index (χ2v) is 5.90. The van der Waals surface area contributed by atoms with Gasteiger partial charge in [0.2, 0.25) is 0 Å². The van der Waals surface area contributed by atoms with Crippen molar-refractivity contribution in [2.24, 2.45) is 0 Å². The maximum atomic E-state index is 11.8. The molecule has 0 saturated carbocycles. The van der Waals surface area contributed by atoms with Crippen molar-refractivity contribution in [3.05, 3.63) is 59.1 Å². The Labute approximate surface area is 141 Å². The minimum atomic E-state index is -0.253. The first kappa shape index (κ1) is 17.2. The summed E-state index contributed by atoms with van der Waals surface area (Å²) in [5.41, 5.74) is 2.01. The zero-order valence-electron chi connectivity index (χ0n) is 13.3. The number of hydrogen-bond donors (Lipinski definition) is 2. The number of ether oxygens (including phenoxy) is 1. The lowest BCUT2D eigenvalue weighted by Gasteiger charge is -2.10. The van der Waals surface area contributed by atoms with E-state index < -0.39 is 0 Å². The van der Waals surface area contributed by atoms with Crippen LogP contribution in [0.5, 0.6) is 5.75 Å². The van der Waals surface area contributed by atoms with Crippen LogP contribution in [-0.4, -0.2) is 19.2 Å². The minimum absolute atomic E-state index is 0.253. The molecule has 0 aliphatic rings. The number of urea groups is 1. The topological polar surface area (TPSA) is 50.4 Å². The first-order chi connectivity index (χ1) is 11.0. The molecule has 23 heavy (non-hydrogen) atoms. The molecular formula is C18H21ClN2O2. The van der Waals surface area contributed by atoms with Gasteiger partial charge in [-0.05, 0) is 41.8 Å². The summed E-state index contributed by atoms with van der Waals surface area (Å²) in [4.78, 5) is 11.8. The Balaban J connectivity index is 1.70. The van der Waals surface area contributed by atoms with Gasteiger partial charge >= 0.3 is 6.03 Å². The lowest BCUT2D eigenvalue weighted by Crippen LogP contribution is -2.32. The van der Waals surface area contributed by atoms with Gasteiger partial charge in [-0.15, -0.1) is 0 Å². The molecule has 0 fully saturated rings. The van der Waals surface area contributed by atoms with Crippen molar-refractivity contribution in [2.45, 2.75) is 19.8 Å². The van der Waals surface area contributed by atoms with Crippen LogP contribution in [0.15, 0.2) is 48.5 Å². The van der Waals surface area contributed by atoms with Crippen LogP contribution in [0.2, 0.25) is 5.02 Å². The molecule has 2 aromatic rings. The largest absolute Gasteiger partial charge is 0.492 e. The number of benzene rings is 2. The van der Waals surface area contributed by atoms with Gasteiger partial charge in [0.1, 0.15) is 12.4 Å². The summed E-state index contributed by atoms with van der Waals surface area (Å²) in [6.45, 7) is 5.05. The lowest BCUT2D eigenvalue weighted by molar-refractivity contribution is 0.247. The second kappa shape index (κ2) is 8.44. The Bertz CT molecular complexity index is 642. The summed E-state index contributed by atoms with van der Waals surface area (Å²) < 4.78 is 5.50. The minimum Gasteiger partial charge on any atom is -0.492 e. The van der Waals surface area contributed by atoms with Crippen molar-refractivity contribution in [3.63, 3.8) is 0 Å². The third kappa shape index (κ3) is 5.83. The molecule has 4 nitrogen and oxygen atoms in total. The maximum Gasteiger partial charge on any atom is 0.319 e. The van der Waals surface area contributed by atoms with Gasteiger partial charge in [0.05, 0.1) is 6.54 Å². The summed E-state index contributed by atoms with van der Waals surface area (Å²) in [5.74, 6) is 1.16. The van der Waals surface area contributed by atoms with E-state index in [2.05, 4.69) is 24.5 Å². The molecule has 0 aliphatic carbocycles. The molecule has 2 amide bonds. The van der Waals surface area contributed by atoms with Gasteiger partial charge < -0.3 is 15.4 Å². The van der Waals surface area contributed by atoms with Gasteiger partial charge in [-0.2, -0.15) is 0 Å². The highest BCUT2D eigenvalue weighted by molar-refractivity contribution is 6.30. The monoisotopic (exact) mass is 332 g/mol. The predicted molar refractivity (Wildman–Crippen MR) is 94.5 cm³/mol. The van der Waals surface area contributed by atoms with Crippen molar-refractivity contribution in [1.82, 2.24) is 5.32 Å². The van der Waals surface area contributed by atoms with E-state index >= 15 is 0 Å². The van der Waals surface area contributed by atoms with Gasteiger partial charge in [0.15, 0.2) is 0 Å². The number of amides is 2. The number of anilines is 1. The molecule has 122 valence electrons. The molecule has 5 heteroatoms. The summed E-state index contributed by atoms with van der Waals surface area (Å²) in [6, 6.07) is 14.7. The highest BCUT2D eigenvalue weighted by Crippen LogP contribution is 2.17. The van der Waals surface area contributed by atoms with E-state index in [1.54, 1.807) is 12.1 Å². The van der Waals surface area contributed by atoms with E-state index in [1.807, 2.05) is 36.4 Å². The van der Waals surface area contributed by atoms with Crippen LogP contribution < -0.4 is 15.4 Å². The highest BCUT2D eigenvalue weighted by Gasteiger charge is 2.03. The van der Waals surface area contributed by atoms with Crippen LogP contribution in [0.4, 0.5) is 10.5 Å². The average Bonchev–Trinajstić information content (AvgIpc) is 2.52. The fraction of sp³-hybridized carbons (Fsp3) is 0.278. The third-order valence-corrected chi connectivity index (χ3v) is 3.52. The van der Waals surface area contributed by atoms with Gasteiger partial charge in [0.25, 0.3) is 0 Å². The number of carbonyl (C=O) groups is 1. The quantitative estimate of drug-likeness (QED) is 0.755. The molecule has 0 saturated heterocycles. The SMILES string of the molecule is CC(C)c1ccc(NC(=O)NCCOc2cccc(Cl)c2)cc1. The van der Waals surface area contributed by atoms with Crippen molar-refractivity contribution in [3.8, 4) is 5.75 Å². The van der Waals surface area contributed by atoms with E-state index in [0.717, 1.165) is 5.69 Å². The molecule has 2 aromatic carbocycles. The van der Waals surface area contributed by atoms with E-state index in [4.69, 9.17) is 16.3 Å². The van der Waals surface area contributed by atoms with E-state index in [-0.39, 0.29) is 6.03 Å². The zero-order chi connectivity index (χ0) is 16.7. The molecule has 2 rings (SSSR count). The maximum absolute atomic E-state index is 11.8. The van der Waals surface area contributed by atoms with Crippen LogP contribution in [0.1, 0.15) is 25.3 Å². The Kier molecular flexibility index (Phi) is 6.29. The number of carbonyl (C=O) groups excluding carboxylic acids is 1. The van der Waals surface area contributed by atoms with Crippen molar-refractivity contribution >= 4 is 23.3 Å². The summed E-state index contributed by atoms with van der Waals surface area (Å²) >= 11 is 5.87. The molecule has 0 heterocycles. The van der Waals surface area contributed by atoms with Crippen molar-refractivity contribution in [2.75, 3.05) is 18.5 Å². The standard InChI is InChI=1S/C18H21ClN2O2/c1-13(2)14-6-8-16(9-7-14)21-18(22)20-10-11-23-17-5-3-4-15(19)12-17/h3-9,12-13H,10-11H2,1-2H3,(H2,20,21,22). The van der Waals surface area contributed by atoms with Crippen LogP contribution in [-0.2, 0) is 0 Å². The molecule has 0 aromatic heterocycles. The number of hydrogen-bond acceptors (Lipinski definition) is 2. The molecule has 0 spiro atoms. The van der Waals surface area contributed by atoms with E-state index in [0.29, 0.717) is 29.8 Å². The van der Waals surface area contributed by atoms with E-state index in [1.165, 1.54) is 5.56 Å². The summed E-state index contributed by atoms with van der Waals surface area (Å²) in [7, 11) is 0. The van der Waals surface area contributed by atoms with Crippen LogP contribution in [0.25, 0.3) is 0 Å². The first-order valence-corrected chi connectivity index (χ1v) is 7.95. The molecule has 0 unspecified atom stereocenters. The molecule has 0 radical (unpaired) electrons. The highest BCUT2D eigenvalue weighted by atomic mass is 35.5. The van der Waals surface area contributed by atoms with Gasteiger partial charge in [-0.1, -0.05) is 43.6 Å². The predicted octanol–water partition coefficient (Wildman–Crippen LogP) is 4.66. The van der Waals surface area contributed by atoms with Gasteiger partial charge in [-0.25, -0.2) is 4.79 Å². The van der Waals surface area contributed by atoms with E-state index in [9.17, 15) is 4.79 Å². The summed E-state index contributed by atoms with van der Waals surface area (Å²) in [6.07, 6.45) is 0. The molecule has 0 aliphatic heterocycles. The first-order valence-electron chi connectivity index (χ1n) is 7.58. The van der Waals surface area contributed by atoms with Crippen LogP contribution >= 0.6 is 11.6 Å². The Morgan fingerprint density at radius 2 is 1.91 bits per heavy atom. The number of halogens is 1. The molecule has 2 N–H and O–H groups in total. The summed E-state index contributed by atoms with van der Waals surface area (Å²) in [5, 5.41) is 6.16. The number of nitrogens with one attached hydrogen (secondary N) is 2. The van der Waals surface area contributed by atoms with Crippen LogP contribution in [0.3, 0.4) is 0 Å². The Hall–Kier alpha value is -2.20. The Morgan fingerprint density at radius 3 is 2.57 bits per heavy atom. The Morgan fingerprint density at radius 1 is 1.17 bits per heavy atom. The normalized spacial score (nSPS) is 10.4. The molecular weight excluding hydrogens is 312 g/mol. The van der Waals surface area contributed by atoms with Gasteiger partial charge in [-0.3, -0.25) is 0 Å². The molecule has 0 atom stereocenters. The fourth-order valence-corrected chi connectivity index (χ4v) is 2.20. The number of rotatable bonds is 6.